The molecule has 1 aliphatic carbocycles. The summed E-state index contributed by atoms with van der Waals surface area (Å²) in [6.45, 7) is 1.01. The minimum atomic E-state index is -5.23. The Balaban J connectivity index is 1.40. The van der Waals surface area contributed by atoms with Gasteiger partial charge in [-0.1, -0.05) is 78.9 Å². The number of carbonyl (C=O) groups is 3. The third-order valence-electron chi connectivity index (χ3n) is 6.58. The van der Waals surface area contributed by atoms with Gasteiger partial charge in [-0.3, -0.25) is 4.79 Å². The first-order valence-corrected chi connectivity index (χ1v) is 12.4. The van der Waals surface area contributed by atoms with Gasteiger partial charge < -0.3 is 25.2 Å². The molecule has 0 aromatic heterocycles. The number of nitrogens with one attached hydrogen (secondary N) is 2. The summed E-state index contributed by atoms with van der Waals surface area (Å²) in [6, 6.07) is 18.7. The van der Waals surface area contributed by atoms with Crippen molar-refractivity contribution in [2.24, 2.45) is 0 Å². The van der Waals surface area contributed by atoms with Gasteiger partial charge in [0.1, 0.15) is 6.61 Å². The zero-order valence-electron chi connectivity index (χ0n) is 21.4. The van der Waals surface area contributed by atoms with E-state index in [1.807, 2.05) is 53.8 Å². The van der Waals surface area contributed by atoms with Gasteiger partial charge in [0.15, 0.2) is 6.04 Å². The maximum Gasteiger partial charge on any atom is 0.417 e. The molecule has 1 unspecified atom stereocenters. The molecule has 0 saturated carbocycles. The van der Waals surface area contributed by atoms with E-state index in [1.54, 1.807) is 30.3 Å². The molecule has 3 atom stereocenters. The van der Waals surface area contributed by atoms with Crippen LogP contribution in [0.3, 0.4) is 0 Å². The largest absolute Gasteiger partial charge is 0.480 e. The summed E-state index contributed by atoms with van der Waals surface area (Å²) in [5.74, 6) is -3.77. The fraction of sp³-hybridized carbons (Fsp3) is 0.276. The van der Waals surface area contributed by atoms with Crippen LogP contribution < -0.4 is 10.6 Å². The fourth-order valence-corrected chi connectivity index (χ4v) is 4.57. The Bertz CT molecular complexity index is 1320. The maximum atomic E-state index is 13.8. The molecule has 3 N–H and O–H groups in total. The molecule has 1 aliphatic rings. The van der Waals surface area contributed by atoms with Crippen LogP contribution in [0, 0.1) is 0 Å². The van der Waals surface area contributed by atoms with Crippen LogP contribution in [0.2, 0.25) is 0 Å². The second kappa shape index (κ2) is 12.2. The monoisotopic (exact) mass is 556 g/mol. The highest BCUT2D eigenvalue weighted by molar-refractivity contribution is 5.90. The third-order valence-corrected chi connectivity index (χ3v) is 6.58. The number of ether oxygens (including phenoxy) is 2. The van der Waals surface area contributed by atoms with Gasteiger partial charge in [-0.25, -0.2) is 9.59 Å². The smallest absolute Gasteiger partial charge is 0.417 e. The number of carboxylic acids is 1. The van der Waals surface area contributed by atoms with Crippen LogP contribution in [-0.2, 0) is 25.7 Å². The molecule has 3 aromatic rings. The lowest BCUT2D eigenvalue weighted by Crippen LogP contribution is -2.59. The number of carboxylic acid groups (broad SMARTS) is 1. The zero-order chi connectivity index (χ0) is 28.9. The summed E-state index contributed by atoms with van der Waals surface area (Å²) in [7, 11) is 0. The maximum absolute atomic E-state index is 13.8. The fourth-order valence-electron chi connectivity index (χ4n) is 4.57. The van der Waals surface area contributed by atoms with Gasteiger partial charge in [-0.05, 0) is 34.7 Å². The molecule has 0 saturated heterocycles. The highest BCUT2D eigenvalue weighted by Gasteiger charge is 2.48. The Morgan fingerprint density at radius 1 is 0.875 bits per heavy atom. The predicted octanol–water partition coefficient (Wildman–Crippen LogP) is 4.63. The van der Waals surface area contributed by atoms with Crippen molar-refractivity contribution in [3.8, 4) is 11.1 Å². The highest BCUT2D eigenvalue weighted by atomic mass is 19.4. The van der Waals surface area contributed by atoms with Crippen molar-refractivity contribution in [2.75, 3.05) is 6.61 Å². The van der Waals surface area contributed by atoms with Gasteiger partial charge in [0.2, 0.25) is 6.04 Å². The van der Waals surface area contributed by atoms with E-state index in [-0.39, 0.29) is 13.2 Å². The molecule has 0 fully saturated rings. The SMILES string of the molecule is C[C@H](OCc1ccccc1)[C@@H](NC(=O)C(NC(=O)OCC1c2ccccc2-c2ccccc21)C(F)(F)F)C(=O)O. The standard InChI is InChI=1S/C29H27F3N2O6/c1-17(39-15-18-9-3-2-4-10-18)24(27(36)37)33-26(35)25(29(30,31)32)34-28(38)40-16-23-21-13-7-5-11-19(21)20-12-6-8-14-22(20)23/h2-14,17,23-25H,15-16H2,1H3,(H,33,35)(H,34,38)(H,36,37)/t17-,24+,25?/m0/s1. The van der Waals surface area contributed by atoms with E-state index < -0.39 is 48.3 Å². The summed E-state index contributed by atoms with van der Waals surface area (Å²) in [5, 5.41) is 12.9. The highest BCUT2D eigenvalue weighted by Crippen LogP contribution is 2.44. The Hall–Kier alpha value is -4.38. The topological polar surface area (TPSA) is 114 Å². The first-order valence-electron chi connectivity index (χ1n) is 12.4. The molecule has 0 radical (unpaired) electrons. The Morgan fingerprint density at radius 3 is 1.98 bits per heavy atom. The number of hydrogen-bond acceptors (Lipinski definition) is 5. The number of fused-ring (bicyclic) bond motifs is 3. The molecule has 0 bridgehead atoms. The van der Waals surface area contributed by atoms with E-state index in [4.69, 9.17) is 9.47 Å². The number of carbonyl (C=O) groups excluding carboxylic acids is 2. The molecule has 8 nitrogen and oxygen atoms in total. The van der Waals surface area contributed by atoms with Crippen molar-refractivity contribution in [2.45, 2.75) is 43.8 Å². The van der Waals surface area contributed by atoms with Crippen LogP contribution in [0.1, 0.15) is 29.5 Å². The molecular formula is C29H27F3N2O6. The molecule has 0 aliphatic heterocycles. The van der Waals surface area contributed by atoms with Gasteiger partial charge in [-0.2, -0.15) is 13.2 Å². The Morgan fingerprint density at radius 2 is 1.43 bits per heavy atom. The first-order chi connectivity index (χ1) is 19.1. The van der Waals surface area contributed by atoms with E-state index in [0.717, 1.165) is 22.3 Å². The van der Waals surface area contributed by atoms with Crippen LogP contribution in [0.25, 0.3) is 11.1 Å². The number of benzene rings is 3. The summed E-state index contributed by atoms with van der Waals surface area (Å²) in [5.41, 5.74) is 4.28. The molecule has 0 heterocycles. The van der Waals surface area contributed by atoms with Gasteiger partial charge >= 0.3 is 18.2 Å². The average molecular weight is 557 g/mol. The summed E-state index contributed by atoms with van der Waals surface area (Å²) in [4.78, 5) is 36.8. The lowest BCUT2D eigenvalue weighted by molar-refractivity contribution is -0.170. The van der Waals surface area contributed by atoms with Crippen molar-refractivity contribution < 1.29 is 42.1 Å². The Kier molecular flexibility index (Phi) is 8.73. The van der Waals surface area contributed by atoms with E-state index in [0.29, 0.717) is 5.56 Å². The van der Waals surface area contributed by atoms with Gasteiger partial charge in [0.25, 0.3) is 5.91 Å². The number of alkyl carbamates (subject to hydrolysis) is 1. The van der Waals surface area contributed by atoms with Crippen molar-refractivity contribution in [1.82, 2.24) is 10.6 Å². The van der Waals surface area contributed by atoms with E-state index in [2.05, 4.69) is 0 Å². The van der Waals surface area contributed by atoms with Crippen LogP contribution in [0.4, 0.5) is 18.0 Å². The molecule has 3 aromatic carbocycles. The van der Waals surface area contributed by atoms with Gasteiger partial charge in [0, 0.05) is 5.92 Å². The molecule has 2 amide bonds. The number of alkyl halides is 3. The normalized spacial score (nSPS) is 14.8. The number of halogens is 3. The molecule has 11 heteroatoms. The summed E-state index contributed by atoms with van der Waals surface area (Å²) in [6.07, 6.45) is -7.89. The first kappa shape index (κ1) is 28.6. The molecule has 40 heavy (non-hydrogen) atoms. The van der Waals surface area contributed by atoms with E-state index in [9.17, 15) is 32.7 Å². The van der Waals surface area contributed by atoms with Crippen molar-refractivity contribution >= 4 is 18.0 Å². The van der Waals surface area contributed by atoms with Crippen molar-refractivity contribution in [3.05, 3.63) is 95.6 Å². The zero-order valence-corrected chi connectivity index (χ0v) is 21.4. The number of rotatable bonds is 10. The molecule has 4 rings (SSSR count). The van der Waals surface area contributed by atoms with E-state index in [1.165, 1.54) is 12.2 Å². The van der Waals surface area contributed by atoms with Crippen LogP contribution in [0.15, 0.2) is 78.9 Å². The summed E-state index contributed by atoms with van der Waals surface area (Å²) >= 11 is 0. The average Bonchev–Trinajstić information content (AvgIpc) is 3.25. The van der Waals surface area contributed by atoms with Crippen LogP contribution in [-0.4, -0.2) is 54.0 Å². The molecule has 210 valence electrons. The molecule has 0 spiro atoms. The minimum absolute atomic E-state index is 0.0254. The predicted molar refractivity (Wildman–Crippen MR) is 138 cm³/mol. The van der Waals surface area contributed by atoms with E-state index >= 15 is 0 Å². The van der Waals surface area contributed by atoms with Gasteiger partial charge in [-0.15, -0.1) is 0 Å². The van der Waals surface area contributed by atoms with Crippen LogP contribution in [0.5, 0.6) is 0 Å². The molecular weight excluding hydrogens is 529 g/mol. The second-order valence-corrected chi connectivity index (χ2v) is 9.27. The van der Waals surface area contributed by atoms with Gasteiger partial charge in [0.05, 0.1) is 12.7 Å². The number of amides is 2. The number of aliphatic carboxylic acids is 1. The quantitative estimate of drug-likeness (QED) is 0.336. The van der Waals surface area contributed by atoms with Crippen molar-refractivity contribution in [3.63, 3.8) is 0 Å². The van der Waals surface area contributed by atoms with Crippen molar-refractivity contribution in [1.29, 1.82) is 0 Å². The summed E-state index contributed by atoms with van der Waals surface area (Å²) < 4.78 is 51.9. The lowest BCUT2D eigenvalue weighted by Gasteiger charge is -2.26. The number of hydrogen-bond donors (Lipinski definition) is 3. The van der Waals surface area contributed by atoms with Crippen LogP contribution >= 0.6 is 0 Å². The lowest BCUT2D eigenvalue weighted by atomic mass is 9.98. The second-order valence-electron chi connectivity index (χ2n) is 9.27. The Labute approximate surface area is 228 Å². The minimum Gasteiger partial charge on any atom is -0.480 e. The third kappa shape index (κ3) is 6.60.